The van der Waals surface area contributed by atoms with Gasteiger partial charge in [0.25, 0.3) is 5.56 Å². The summed E-state index contributed by atoms with van der Waals surface area (Å²) in [6, 6.07) is 0. The summed E-state index contributed by atoms with van der Waals surface area (Å²) in [5.41, 5.74) is 1.18. The monoisotopic (exact) mass is 331 g/mol. The predicted molar refractivity (Wildman–Crippen MR) is 91.0 cm³/mol. The number of H-pyrrole nitrogens is 1. The van der Waals surface area contributed by atoms with Gasteiger partial charge >= 0.3 is 0 Å². The number of hydrogen-bond donors (Lipinski definition) is 1. The van der Waals surface area contributed by atoms with Crippen molar-refractivity contribution >= 4 is 27.5 Å². The molecule has 0 atom stereocenters. The summed E-state index contributed by atoms with van der Waals surface area (Å²) in [7, 11) is 0. The van der Waals surface area contributed by atoms with Crippen LogP contribution in [0.15, 0.2) is 4.79 Å². The minimum atomic E-state index is -0.0296. The second-order valence-electron chi connectivity index (χ2n) is 6.49. The first kappa shape index (κ1) is 14.9. The molecule has 0 radical (unpaired) electrons. The minimum Gasteiger partial charge on any atom is -0.343 e. The zero-order valence-electron chi connectivity index (χ0n) is 13.2. The van der Waals surface area contributed by atoms with Crippen LogP contribution < -0.4 is 5.56 Å². The molecule has 0 bridgehead atoms. The van der Waals surface area contributed by atoms with Crippen LogP contribution in [0.2, 0.25) is 0 Å². The van der Waals surface area contributed by atoms with E-state index in [1.54, 1.807) is 11.3 Å². The highest BCUT2D eigenvalue weighted by molar-refractivity contribution is 7.18. The summed E-state index contributed by atoms with van der Waals surface area (Å²) in [5.74, 6) is 0.823. The maximum absolute atomic E-state index is 12.4. The molecular weight excluding hydrogens is 310 g/mol. The van der Waals surface area contributed by atoms with Crippen LogP contribution in [-0.2, 0) is 24.1 Å². The number of likely N-dealkylation sites (tertiary alicyclic amines) is 1. The van der Waals surface area contributed by atoms with E-state index in [4.69, 9.17) is 0 Å². The van der Waals surface area contributed by atoms with Crippen LogP contribution >= 0.6 is 11.3 Å². The number of nitrogens with one attached hydrogen (secondary N) is 1. The van der Waals surface area contributed by atoms with Crippen LogP contribution in [0.1, 0.15) is 48.4 Å². The van der Waals surface area contributed by atoms with Crippen molar-refractivity contribution in [2.24, 2.45) is 0 Å². The fourth-order valence-corrected chi connectivity index (χ4v) is 4.96. The molecule has 6 heteroatoms. The molecule has 1 N–H and O–H groups in total. The molecule has 1 saturated heterocycles. The van der Waals surface area contributed by atoms with Crippen LogP contribution in [0, 0.1) is 0 Å². The normalized spacial score (nSPS) is 17.7. The average Bonchev–Trinajstić information content (AvgIpc) is 3.19. The van der Waals surface area contributed by atoms with Crippen LogP contribution in [0.4, 0.5) is 0 Å². The highest BCUT2D eigenvalue weighted by Crippen LogP contribution is 2.33. The second-order valence-corrected chi connectivity index (χ2v) is 7.58. The highest BCUT2D eigenvalue weighted by atomic mass is 32.1. The number of fused-ring (bicyclic) bond motifs is 3. The van der Waals surface area contributed by atoms with Gasteiger partial charge < -0.3 is 9.88 Å². The summed E-state index contributed by atoms with van der Waals surface area (Å²) < 4.78 is 0. The van der Waals surface area contributed by atoms with Gasteiger partial charge in [0.15, 0.2) is 0 Å². The lowest BCUT2D eigenvalue weighted by molar-refractivity contribution is -0.130. The smallest absolute Gasteiger partial charge is 0.259 e. The molecular formula is C17H21N3O2S. The quantitative estimate of drug-likeness (QED) is 0.939. The van der Waals surface area contributed by atoms with E-state index >= 15 is 0 Å². The predicted octanol–water partition coefficient (Wildman–Crippen LogP) is 2.42. The van der Waals surface area contributed by atoms with Crippen molar-refractivity contribution < 1.29 is 4.79 Å². The number of carbonyl (C=O) groups excluding carboxylic acids is 1. The Balaban J connectivity index is 1.56. The lowest BCUT2D eigenvalue weighted by atomic mass is 9.97. The highest BCUT2D eigenvalue weighted by Gasteiger charge is 2.21. The van der Waals surface area contributed by atoms with Crippen molar-refractivity contribution in [2.75, 3.05) is 13.1 Å². The van der Waals surface area contributed by atoms with Crippen molar-refractivity contribution in [2.45, 2.75) is 51.4 Å². The molecule has 2 aromatic heterocycles. The fourth-order valence-electron chi connectivity index (χ4n) is 3.68. The Hall–Kier alpha value is -1.69. The Labute approximate surface area is 138 Å². The van der Waals surface area contributed by atoms with Crippen LogP contribution in [-0.4, -0.2) is 33.9 Å². The maximum atomic E-state index is 12.4. The zero-order valence-corrected chi connectivity index (χ0v) is 14.0. The van der Waals surface area contributed by atoms with Crippen LogP contribution in [0.3, 0.4) is 0 Å². The van der Waals surface area contributed by atoms with E-state index < -0.39 is 0 Å². The van der Waals surface area contributed by atoms with Gasteiger partial charge in [-0.1, -0.05) is 0 Å². The lowest BCUT2D eigenvalue weighted by Gasteiger charge is -2.14. The molecule has 0 unspecified atom stereocenters. The largest absolute Gasteiger partial charge is 0.343 e. The van der Waals surface area contributed by atoms with Crippen molar-refractivity contribution in [1.29, 1.82) is 0 Å². The van der Waals surface area contributed by atoms with E-state index in [9.17, 15) is 9.59 Å². The van der Waals surface area contributed by atoms with Crippen molar-refractivity contribution in [3.05, 3.63) is 26.6 Å². The Morgan fingerprint density at radius 2 is 1.96 bits per heavy atom. The summed E-state index contributed by atoms with van der Waals surface area (Å²) in [6.07, 6.45) is 7.58. The van der Waals surface area contributed by atoms with Crippen molar-refractivity contribution in [3.8, 4) is 0 Å². The Kier molecular flexibility index (Phi) is 3.93. The van der Waals surface area contributed by atoms with E-state index in [1.165, 1.54) is 16.9 Å². The van der Waals surface area contributed by atoms with Gasteiger partial charge in [0.05, 0.1) is 5.39 Å². The number of aromatic nitrogens is 2. The third-order valence-corrected chi connectivity index (χ3v) is 6.09. The number of rotatable bonds is 3. The summed E-state index contributed by atoms with van der Waals surface area (Å²) in [5, 5.41) is 0.791. The fraction of sp³-hybridized carbons (Fsp3) is 0.588. The van der Waals surface area contributed by atoms with Crippen LogP contribution in [0.5, 0.6) is 0 Å². The van der Waals surface area contributed by atoms with Gasteiger partial charge in [0, 0.05) is 30.8 Å². The third kappa shape index (κ3) is 2.80. The molecule has 4 rings (SSSR count). The van der Waals surface area contributed by atoms with Gasteiger partial charge in [-0.05, 0) is 44.1 Å². The average molecular weight is 331 g/mol. The number of aromatic amines is 1. The summed E-state index contributed by atoms with van der Waals surface area (Å²) in [6.45, 7) is 1.75. The van der Waals surface area contributed by atoms with Gasteiger partial charge in [0.2, 0.25) is 5.91 Å². The van der Waals surface area contributed by atoms with Crippen molar-refractivity contribution in [3.63, 3.8) is 0 Å². The van der Waals surface area contributed by atoms with Gasteiger partial charge in [-0.3, -0.25) is 9.59 Å². The lowest BCUT2D eigenvalue weighted by Crippen LogP contribution is -2.28. The van der Waals surface area contributed by atoms with Gasteiger partial charge in [0.1, 0.15) is 10.7 Å². The standard InChI is InChI=1S/C17H21N3O2S/c21-14(20-9-3-4-10-20)8-7-13-18-16(22)15-11-5-1-2-6-12(11)23-17(15)19-13/h1-10H2,(H,18,19,22). The molecule has 5 nitrogen and oxygen atoms in total. The molecule has 0 saturated carbocycles. The molecule has 0 spiro atoms. The maximum Gasteiger partial charge on any atom is 0.259 e. The van der Waals surface area contributed by atoms with E-state index in [0.29, 0.717) is 18.7 Å². The van der Waals surface area contributed by atoms with Gasteiger partial charge in [-0.15, -0.1) is 11.3 Å². The topological polar surface area (TPSA) is 66.1 Å². The molecule has 2 aliphatic rings. The molecule has 3 heterocycles. The molecule has 1 aliphatic carbocycles. The van der Waals surface area contributed by atoms with E-state index in [0.717, 1.165) is 55.4 Å². The number of carbonyl (C=O) groups is 1. The number of nitrogens with zero attached hydrogens (tertiary/aromatic N) is 2. The first-order valence-electron chi connectivity index (χ1n) is 8.53. The van der Waals surface area contributed by atoms with Crippen LogP contribution in [0.25, 0.3) is 10.2 Å². The number of thiophene rings is 1. The molecule has 122 valence electrons. The Bertz CT molecular complexity index is 802. The molecule has 0 aromatic carbocycles. The van der Waals surface area contributed by atoms with Gasteiger partial charge in [-0.25, -0.2) is 4.98 Å². The number of hydrogen-bond acceptors (Lipinski definition) is 4. The zero-order chi connectivity index (χ0) is 15.8. The molecule has 1 amide bonds. The molecule has 1 aliphatic heterocycles. The Morgan fingerprint density at radius 3 is 2.78 bits per heavy atom. The van der Waals surface area contributed by atoms with Crippen molar-refractivity contribution in [1.82, 2.24) is 14.9 Å². The van der Waals surface area contributed by atoms with Gasteiger partial charge in [-0.2, -0.15) is 0 Å². The van der Waals surface area contributed by atoms with E-state index in [2.05, 4.69) is 9.97 Å². The van der Waals surface area contributed by atoms with E-state index in [-0.39, 0.29) is 11.5 Å². The van der Waals surface area contributed by atoms with E-state index in [1.807, 2.05) is 4.90 Å². The third-order valence-electron chi connectivity index (χ3n) is 4.91. The number of amides is 1. The first-order chi connectivity index (χ1) is 11.2. The minimum absolute atomic E-state index is 0.0296. The molecule has 1 fully saturated rings. The summed E-state index contributed by atoms with van der Waals surface area (Å²) in [4.78, 5) is 36.2. The summed E-state index contributed by atoms with van der Waals surface area (Å²) >= 11 is 1.66. The molecule has 23 heavy (non-hydrogen) atoms. The molecule has 2 aromatic rings. The second kappa shape index (κ2) is 6.07. The first-order valence-corrected chi connectivity index (χ1v) is 9.35. The number of aryl methyl sites for hydroxylation is 3. The Morgan fingerprint density at radius 1 is 1.17 bits per heavy atom. The SMILES string of the molecule is O=C(CCc1nc2sc3c(c2c(=O)[nH]1)CCCC3)N1CCCC1.